The number of fused-ring (bicyclic) bond motifs is 1. The summed E-state index contributed by atoms with van der Waals surface area (Å²) in [5.41, 5.74) is 3.86. The topological polar surface area (TPSA) is 90.8 Å². The Balaban J connectivity index is 1.41. The van der Waals surface area contributed by atoms with Gasteiger partial charge < -0.3 is 15.7 Å². The Kier molecular flexibility index (Phi) is 7.91. The summed E-state index contributed by atoms with van der Waals surface area (Å²) < 4.78 is 0. The smallest absolute Gasteiger partial charge is 0.248 e. The number of carbonyl (C=O) groups excluding carboxylic acids is 2. The fourth-order valence-electron chi connectivity index (χ4n) is 4.82. The lowest BCUT2D eigenvalue weighted by Gasteiger charge is -2.25. The second-order valence-corrected chi connectivity index (χ2v) is 9.42. The summed E-state index contributed by atoms with van der Waals surface area (Å²) in [5, 5.41) is 16.7. The quantitative estimate of drug-likeness (QED) is 0.536. The number of aliphatic hydroxyl groups excluding tert-OH is 1. The molecule has 3 N–H and O–H groups in total. The van der Waals surface area contributed by atoms with Crippen molar-refractivity contribution in [2.75, 3.05) is 6.54 Å². The number of aliphatic imine (C=N–C) groups is 1. The number of nitrogens with zero attached hydrogens (tertiary/aromatic N) is 1. The van der Waals surface area contributed by atoms with Gasteiger partial charge in [-0.1, -0.05) is 61.5 Å². The Labute approximate surface area is 201 Å². The monoisotopic (exact) mass is 459 g/mol. The lowest BCUT2D eigenvalue weighted by molar-refractivity contribution is -0.127. The van der Waals surface area contributed by atoms with E-state index in [1.54, 1.807) is 6.20 Å². The molecule has 2 aromatic rings. The Morgan fingerprint density at radius 3 is 2.65 bits per heavy atom. The molecule has 0 bridgehead atoms. The number of hydrogen-bond acceptors (Lipinski definition) is 4. The van der Waals surface area contributed by atoms with Crippen LogP contribution in [0.4, 0.5) is 0 Å². The third-order valence-corrected chi connectivity index (χ3v) is 6.67. The minimum absolute atomic E-state index is 0.0629. The molecule has 0 aromatic heterocycles. The van der Waals surface area contributed by atoms with Gasteiger partial charge in [-0.05, 0) is 48.3 Å². The largest absolute Gasteiger partial charge is 0.390 e. The van der Waals surface area contributed by atoms with Crippen molar-refractivity contribution >= 4 is 18.0 Å². The molecule has 2 aliphatic rings. The Morgan fingerprint density at radius 1 is 1.12 bits per heavy atom. The van der Waals surface area contributed by atoms with E-state index in [9.17, 15) is 14.7 Å². The van der Waals surface area contributed by atoms with Crippen molar-refractivity contribution in [3.8, 4) is 0 Å². The molecule has 0 unspecified atom stereocenters. The van der Waals surface area contributed by atoms with Crippen LogP contribution < -0.4 is 10.6 Å². The Morgan fingerprint density at radius 2 is 1.88 bits per heavy atom. The van der Waals surface area contributed by atoms with Gasteiger partial charge in [0.2, 0.25) is 11.8 Å². The molecule has 6 heteroatoms. The lowest BCUT2D eigenvalue weighted by atomic mass is 9.88. The molecule has 2 amide bonds. The Bertz CT molecular complexity index is 1060. The van der Waals surface area contributed by atoms with E-state index < -0.39 is 12.1 Å². The van der Waals surface area contributed by atoms with Crippen LogP contribution >= 0.6 is 0 Å². The van der Waals surface area contributed by atoms with Gasteiger partial charge in [0.25, 0.3) is 0 Å². The molecule has 0 saturated heterocycles. The molecule has 4 rings (SSSR count). The molecule has 4 atom stereocenters. The van der Waals surface area contributed by atoms with E-state index in [0.29, 0.717) is 37.8 Å². The van der Waals surface area contributed by atoms with Crippen molar-refractivity contribution in [1.82, 2.24) is 10.6 Å². The van der Waals surface area contributed by atoms with Crippen molar-refractivity contribution in [2.24, 2.45) is 16.8 Å². The number of benzene rings is 2. The number of amides is 2. The molecule has 178 valence electrons. The Hall–Kier alpha value is -3.25. The molecule has 6 nitrogen and oxygen atoms in total. The van der Waals surface area contributed by atoms with Crippen molar-refractivity contribution in [1.29, 1.82) is 0 Å². The minimum atomic E-state index is -0.623. The van der Waals surface area contributed by atoms with Gasteiger partial charge in [0.05, 0.1) is 12.1 Å². The highest BCUT2D eigenvalue weighted by Crippen LogP contribution is 2.32. The van der Waals surface area contributed by atoms with Crippen LogP contribution in [-0.4, -0.2) is 35.8 Å². The van der Waals surface area contributed by atoms with E-state index in [4.69, 9.17) is 0 Å². The lowest BCUT2D eigenvalue weighted by Crippen LogP contribution is -2.40. The number of rotatable bonds is 9. The van der Waals surface area contributed by atoms with Crippen molar-refractivity contribution in [3.05, 3.63) is 83.1 Å². The number of carbonyl (C=O) groups is 2. The van der Waals surface area contributed by atoms with Gasteiger partial charge in [0, 0.05) is 36.9 Å². The van der Waals surface area contributed by atoms with E-state index in [0.717, 1.165) is 23.1 Å². The molecule has 2 aromatic carbocycles. The van der Waals surface area contributed by atoms with Crippen LogP contribution in [0.15, 0.2) is 71.4 Å². The molecule has 1 aliphatic heterocycles. The van der Waals surface area contributed by atoms with E-state index in [1.807, 2.05) is 60.8 Å². The first kappa shape index (κ1) is 23.9. The molecule has 1 heterocycles. The zero-order valence-corrected chi connectivity index (χ0v) is 19.6. The SMILES string of the molecule is C[C@H](CNC(=O)C1=CN=CCC1)C[C@@H](Cc1ccccc1)C(=O)N[C@H]1c2ccccc2C[C@H]1O. The zero-order chi connectivity index (χ0) is 23.9. The van der Waals surface area contributed by atoms with E-state index in [-0.39, 0.29) is 23.7 Å². The molecule has 0 spiro atoms. The summed E-state index contributed by atoms with van der Waals surface area (Å²) in [6.07, 6.45) is 6.08. The standard InChI is InChI=1S/C28H33N3O3/c1-19(17-30-27(33)22-11-7-13-29-18-22)14-23(15-20-8-3-2-4-9-20)28(34)31-26-24-12-6-5-10-21(24)16-25(26)32/h2-6,8-10,12-13,18-19,23,25-26,32H,7,11,14-17H2,1H3,(H,30,33)(H,31,34)/t19-,23-,25+,26-/m0/s1. The van der Waals surface area contributed by atoms with Crippen LogP contribution in [0.5, 0.6) is 0 Å². The number of aliphatic hydroxyl groups is 1. The molecule has 0 radical (unpaired) electrons. The molecule has 0 saturated carbocycles. The summed E-state index contributed by atoms with van der Waals surface area (Å²) in [5.74, 6) is -0.310. The normalized spacial score (nSPS) is 20.7. The van der Waals surface area contributed by atoms with Crippen molar-refractivity contribution in [2.45, 2.75) is 51.2 Å². The maximum Gasteiger partial charge on any atom is 0.248 e. The first-order valence-corrected chi connectivity index (χ1v) is 12.1. The van der Waals surface area contributed by atoms with Gasteiger partial charge >= 0.3 is 0 Å². The van der Waals surface area contributed by atoms with Crippen LogP contribution in [0, 0.1) is 11.8 Å². The first-order valence-electron chi connectivity index (χ1n) is 12.1. The summed E-state index contributed by atoms with van der Waals surface area (Å²) in [4.78, 5) is 30.0. The third kappa shape index (κ3) is 6.00. The number of hydrogen-bond donors (Lipinski definition) is 3. The second-order valence-electron chi connectivity index (χ2n) is 9.42. The van der Waals surface area contributed by atoms with E-state index in [2.05, 4.69) is 22.5 Å². The van der Waals surface area contributed by atoms with Crippen LogP contribution in [0.3, 0.4) is 0 Å². The highest BCUT2D eigenvalue weighted by molar-refractivity contribution is 5.94. The van der Waals surface area contributed by atoms with E-state index >= 15 is 0 Å². The maximum absolute atomic E-state index is 13.4. The summed E-state index contributed by atoms with van der Waals surface area (Å²) >= 11 is 0. The minimum Gasteiger partial charge on any atom is -0.390 e. The second kappa shape index (κ2) is 11.3. The highest BCUT2D eigenvalue weighted by Gasteiger charge is 2.34. The maximum atomic E-state index is 13.4. The fourth-order valence-corrected chi connectivity index (χ4v) is 4.82. The molecule has 1 aliphatic carbocycles. The van der Waals surface area contributed by atoms with Crippen LogP contribution in [0.1, 0.15) is 48.9 Å². The number of nitrogens with one attached hydrogen (secondary N) is 2. The van der Waals surface area contributed by atoms with Crippen LogP contribution in [0.25, 0.3) is 0 Å². The molecule has 34 heavy (non-hydrogen) atoms. The summed E-state index contributed by atoms with van der Waals surface area (Å²) in [6.45, 7) is 2.55. The highest BCUT2D eigenvalue weighted by atomic mass is 16.3. The molecular weight excluding hydrogens is 426 g/mol. The van der Waals surface area contributed by atoms with Crippen LogP contribution in [0.2, 0.25) is 0 Å². The van der Waals surface area contributed by atoms with Crippen LogP contribution in [-0.2, 0) is 22.4 Å². The van der Waals surface area contributed by atoms with Crippen molar-refractivity contribution < 1.29 is 14.7 Å². The van der Waals surface area contributed by atoms with Gasteiger partial charge in [-0.3, -0.25) is 14.6 Å². The van der Waals surface area contributed by atoms with Gasteiger partial charge in [0.1, 0.15) is 0 Å². The molecule has 0 fully saturated rings. The first-order chi connectivity index (χ1) is 16.5. The van der Waals surface area contributed by atoms with Gasteiger partial charge in [-0.25, -0.2) is 0 Å². The predicted molar refractivity (Wildman–Crippen MR) is 133 cm³/mol. The summed E-state index contributed by atoms with van der Waals surface area (Å²) in [6, 6.07) is 17.5. The average Bonchev–Trinajstić information content (AvgIpc) is 3.18. The van der Waals surface area contributed by atoms with Crippen molar-refractivity contribution in [3.63, 3.8) is 0 Å². The van der Waals surface area contributed by atoms with Gasteiger partial charge in [-0.2, -0.15) is 0 Å². The average molecular weight is 460 g/mol. The summed E-state index contributed by atoms with van der Waals surface area (Å²) in [7, 11) is 0. The van der Waals surface area contributed by atoms with E-state index in [1.165, 1.54) is 0 Å². The molecular formula is C28H33N3O3. The third-order valence-electron chi connectivity index (χ3n) is 6.67. The van der Waals surface area contributed by atoms with Gasteiger partial charge in [0.15, 0.2) is 0 Å². The van der Waals surface area contributed by atoms with Gasteiger partial charge in [-0.15, -0.1) is 0 Å². The zero-order valence-electron chi connectivity index (χ0n) is 19.6. The predicted octanol–water partition coefficient (Wildman–Crippen LogP) is 3.51. The fraction of sp³-hybridized carbons (Fsp3) is 0.393.